The molecule has 0 fully saturated rings. The fourth-order valence-electron chi connectivity index (χ4n) is 1.25. The van der Waals surface area contributed by atoms with Crippen molar-refractivity contribution in [1.82, 2.24) is 10.1 Å². The van der Waals surface area contributed by atoms with Crippen LogP contribution < -0.4 is 10.5 Å². The van der Waals surface area contributed by atoms with E-state index in [4.69, 9.17) is 4.74 Å². The highest BCUT2D eigenvalue weighted by atomic mass is 79.9. The van der Waals surface area contributed by atoms with E-state index in [1.165, 1.54) is 0 Å². The molecule has 15 heavy (non-hydrogen) atoms. The van der Waals surface area contributed by atoms with Crippen LogP contribution in [0.5, 0.6) is 5.75 Å². The predicted molar refractivity (Wildman–Crippen MR) is 56.8 cm³/mol. The van der Waals surface area contributed by atoms with Crippen molar-refractivity contribution in [2.24, 2.45) is 0 Å². The van der Waals surface area contributed by atoms with Crippen LogP contribution in [0.3, 0.4) is 0 Å². The van der Waals surface area contributed by atoms with Gasteiger partial charge in [0.1, 0.15) is 5.75 Å². The standard InChI is InChI=1S/C9H7BrN2O3/c1-14-7-5(3-2-4-6(7)10)8-11-9(13)15-12-8/h2-4H,1H3,(H,11,12,13). The molecule has 1 N–H and O–H groups in total. The van der Waals surface area contributed by atoms with Crippen molar-refractivity contribution in [3.63, 3.8) is 0 Å². The van der Waals surface area contributed by atoms with Crippen molar-refractivity contribution >= 4 is 15.9 Å². The summed E-state index contributed by atoms with van der Waals surface area (Å²) in [6.07, 6.45) is 0. The van der Waals surface area contributed by atoms with Crippen LogP contribution in [-0.2, 0) is 0 Å². The molecule has 78 valence electrons. The van der Waals surface area contributed by atoms with Gasteiger partial charge in [0.25, 0.3) is 0 Å². The normalized spacial score (nSPS) is 10.3. The van der Waals surface area contributed by atoms with Gasteiger partial charge < -0.3 is 4.74 Å². The molecular formula is C9H7BrN2O3. The molecule has 0 saturated heterocycles. The van der Waals surface area contributed by atoms with E-state index in [-0.39, 0.29) is 0 Å². The van der Waals surface area contributed by atoms with Gasteiger partial charge in [0, 0.05) is 0 Å². The Labute approximate surface area is 93.2 Å². The summed E-state index contributed by atoms with van der Waals surface area (Å²) >= 11 is 3.34. The van der Waals surface area contributed by atoms with Crippen LogP contribution >= 0.6 is 15.9 Å². The highest BCUT2D eigenvalue weighted by molar-refractivity contribution is 9.10. The first-order valence-corrected chi connectivity index (χ1v) is 4.90. The van der Waals surface area contributed by atoms with Gasteiger partial charge in [-0.25, -0.2) is 4.79 Å². The third-order valence-electron chi connectivity index (χ3n) is 1.87. The number of nitrogens with zero attached hydrogens (tertiary/aromatic N) is 1. The summed E-state index contributed by atoms with van der Waals surface area (Å²) in [6.45, 7) is 0. The van der Waals surface area contributed by atoms with E-state index in [2.05, 4.69) is 30.6 Å². The van der Waals surface area contributed by atoms with Crippen LogP contribution in [0.2, 0.25) is 0 Å². The number of benzene rings is 1. The molecule has 0 aliphatic carbocycles. The number of H-pyrrole nitrogens is 1. The zero-order valence-electron chi connectivity index (χ0n) is 7.78. The topological polar surface area (TPSA) is 68.1 Å². The number of aromatic nitrogens is 2. The minimum atomic E-state index is -0.591. The molecule has 0 spiro atoms. The van der Waals surface area contributed by atoms with Gasteiger partial charge in [0.15, 0.2) is 5.82 Å². The van der Waals surface area contributed by atoms with Gasteiger partial charge in [0.2, 0.25) is 0 Å². The van der Waals surface area contributed by atoms with E-state index in [0.717, 1.165) is 4.47 Å². The summed E-state index contributed by atoms with van der Waals surface area (Å²) in [5.41, 5.74) is 0.665. The molecule has 0 unspecified atom stereocenters. The Morgan fingerprint density at radius 1 is 1.53 bits per heavy atom. The molecule has 6 heteroatoms. The smallest absolute Gasteiger partial charge is 0.439 e. The average molecular weight is 271 g/mol. The van der Waals surface area contributed by atoms with Crippen LogP contribution in [0.15, 0.2) is 32.0 Å². The molecule has 1 heterocycles. The number of hydrogen-bond donors (Lipinski definition) is 1. The fourth-order valence-corrected chi connectivity index (χ4v) is 1.78. The van der Waals surface area contributed by atoms with Crippen molar-refractivity contribution in [3.05, 3.63) is 33.2 Å². The van der Waals surface area contributed by atoms with Crippen molar-refractivity contribution in [3.8, 4) is 17.1 Å². The van der Waals surface area contributed by atoms with Crippen LogP contribution in [0.4, 0.5) is 0 Å². The Morgan fingerprint density at radius 2 is 2.33 bits per heavy atom. The first-order chi connectivity index (χ1) is 7.22. The second kappa shape index (κ2) is 3.90. The summed E-state index contributed by atoms with van der Waals surface area (Å²) in [5, 5.41) is 3.59. The first-order valence-electron chi connectivity index (χ1n) is 4.11. The Bertz CT molecular complexity index is 532. The lowest BCUT2D eigenvalue weighted by atomic mass is 10.2. The number of rotatable bonds is 2. The number of nitrogens with one attached hydrogen (secondary N) is 1. The van der Waals surface area contributed by atoms with Gasteiger partial charge in [-0.3, -0.25) is 9.51 Å². The van der Waals surface area contributed by atoms with Crippen molar-refractivity contribution < 1.29 is 9.26 Å². The third kappa shape index (κ3) is 1.80. The largest absolute Gasteiger partial charge is 0.495 e. The molecule has 0 radical (unpaired) electrons. The fraction of sp³-hybridized carbons (Fsp3) is 0.111. The molecule has 1 aromatic carbocycles. The molecule has 1 aromatic heterocycles. The number of para-hydroxylation sites is 1. The summed E-state index contributed by atoms with van der Waals surface area (Å²) in [7, 11) is 1.54. The molecule has 0 amide bonds. The monoisotopic (exact) mass is 270 g/mol. The van der Waals surface area contributed by atoms with Gasteiger partial charge in [-0.15, -0.1) is 0 Å². The molecule has 0 bridgehead atoms. The zero-order chi connectivity index (χ0) is 10.8. The minimum absolute atomic E-state index is 0.346. The summed E-state index contributed by atoms with van der Waals surface area (Å²) in [4.78, 5) is 13.3. The second-order valence-electron chi connectivity index (χ2n) is 2.76. The molecule has 2 aromatic rings. The van der Waals surface area contributed by atoms with Crippen molar-refractivity contribution in [2.75, 3.05) is 7.11 Å². The maximum Gasteiger partial charge on any atom is 0.439 e. The van der Waals surface area contributed by atoms with Gasteiger partial charge in [0.05, 0.1) is 17.1 Å². The third-order valence-corrected chi connectivity index (χ3v) is 2.49. The molecule has 5 nitrogen and oxygen atoms in total. The quantitative estimate of drug-likeness (QED) is 0.904. The lowest BCUT2D eigenvalue weighted by Crippen LogP contribution is -1.96. The molecule has 0 aliphatic heterocycles. The van der Waals surface area contributed by atoms with Crippen LogP contribution in [0, 0.1) is 0 Å². The van der Waals surface area contributed by atoms with Crippen LogP contribution in [-0.4, -0.2) is 17.3 Å². The van der Waals surface area contributed by atoms with E-state index >= 15 is 0 Å². The van der Waals surface area contributed by atoms with E-state index in [1.807, 2.05) is 12.1 Å². The van der Waals surface area contributed by atoms with E-state index < -0.39 is 5.76 Å². The first kappa shape index (κ1) is 9.97. The molecule has 0 aliphatic rings. The van der Waals surface area contributed by atoms with Gasteiger partial charge in [-0.05, 0) is 28.1 Å². The zero-order valence-corrected chi connectivity index (χ0v) is 9.37. The van der Waals surface area contributed by atoms with Gasteiger partial charge in [-0.2, -0.15) is 0 Å². The molecule has 2 rings (SSSR count). The Kier molecular flexibility index (Phi) is 2.59. The lowest BCUT2D eigenvalue weighted by Gasteiger charge is -2.06. The number of aromatic amines is 1. The summed E-state index contributed by atoms with van der Waals surface area (Å²) in [5.74, 6) is 0.354. The van der Waals surface area contributed by atoms with E-state index in [9.17, 15) is 4.79 Å². The highest BCUT2D eigenvalue weighted by Crippen LogP contribution is 2.33. The van der Waals surface area contributed by atoms with Gasteiger partial charge >= 0.3 is 5.76 Å². The number of halogens is 1. The molecular weight excluding hydrogens is 264 g/mol. The lowest BCUT2D eigenvalue weighted by molar-refractivity contribution is 0.386. The molecule has 0 atom stereocenters. The maximum atomic E-state index is 10.8. The Hall–Kier alpha value is -1.56. The SMILES string of the molecule is COc1c(Br)cccc1-c1noc(=O)[nH]1. The highest BCUT2D eigenvalue weighted by Gasteiger charge is 2.12. The minimum Gasteiger partial charge on any atom is -0.495 e. The van der Waals surface area contributed by atoms with Crippen molar-refractivity contribution in [2.45, 2.75) is 0 Å². The molecule has 0 saturated carbocycles. The number of hydrogen-bond acceptors (Lipinski definition) is 4. The van der Waals surface area contributed by atoms with Gasteiger partial charge in [-0.1, -0.05) is 11.2 Å². The Morgan fingerprint density at radius 3 is 2.93 bits per heavy atom. The van der Waals surface area contributed by atoms with E-state index in [0.29, 0.717) is 17.1 Å². The number of methoxy groups -OCH3 is 1. The van der Waals surface area contributed by atoms with E-state index in [1.54, 1.807) is 13.2 Å². The van der Waals surface area contributed by atoms with Crippen LogP contribution in [0.25, 0.3) is 11.4 Å². The van der Waals surface area contributed by atoms with Crippen molar-refractivity contribution in [1.29, 1.82) is 0 Å². The average Bonchev–Trinajstić information content (AvgIpc) is 2.64. The Balaban J connectivity index is 2.62. The maximum absolute atomic E-state index is 10.8. The second-order valence-corrected chi connectivity index (χ2v) is 3.62. The number of ether oxygens (including phenoxy) is 1. The summed E-state index contributed by atoms with van der Waals surface area (Å²) < 4.78 is 10.4. The predicted octanol–water partition coefficient (Wildman–Crippen LogP) is 1.80. The van der Waals surface area contributed by atoms with Crippen LogP contribution in [0.1, 0.15) is 0 Å². The summed E-state index contributed by atoms with van der Waals surface area (Å²) in [6, 6.07) is 5.42.